The van der Waals surface area contributed by atoms with Gasteiger partial charge in [-0.2, -0.15) is 4.90 Å². The number of nitrogens with zero attached hydrogens (tertiary/aromatic N) is 6. The maximum Gasteiger partial charge on any atom is 0.420 e. The molecule has 0 radical (unpaired) electrons. The van der Waals surface area contributed by atoms with Gasteiger partial charge >= 0.3 is 18.2 Å². The molecule has 1 aliphatic rings. The fourth-order valence-corrected chi connectivity index (χ4v) is 8.91. The molecule has 1 aliphatic heterocycles. The number of amides is 4. The number of esters is 1. The Balaban J connectivity index is 1.25. The normalized spacial score (nSPS) is 16.2. The van der Waals surface area contributed by atoms with Crippen molar-refractivity contribution in [3.63, 3.8) is 0 Å². The first-order chi connectivity index (χ1) is 27.5. The van der Waals surface area contributed by atoms with Crippen LogP contribution in [0.3, 0.4) is 0 Å². The molecular formula is C37H38N8O9S4. The molecule has 5 aromatic heterocycles. The molecule has 304 valence electrons. The quantitative estimate of drug-likeness (QED) is 0.0684. The first-order valence-corrected chi connectivity index (χ1v) is 21.2. The van der Waals surface area contributed by atoms with Crippen molar-refractivity contribution in [3.05, 3.63) is 61.8 Å². The molecule has 6 heterocycles. The van der Waals surface area contributed by atoms with E-state index in [4.69, 9.17) is 29.2 Å². The minimum absolute atomic E-state index is 0.00774. The monoisotopic (exact) mass is 866 g/mol. The number of imide groups is 1. The highest BCUT2D eigenvalue weighted by Gasteiger charge is 2.47. The van der Waals surface area contributed by atoms with E-state index in [1.807, 2.05) is 6.07 Å². The van der Waals surface area contributed by atoms with Gasteiger partial charge in [0.25, 0.3) is 11.8 Å². The molecule has 0 saturated carbocycles. The SMILES string of the molecule is C/C=C(\NC(=O)c1csc(-c2csc(-c3ccc(-c4nc(CO)cs4)c(-c4csc([C@@H]5[C@@H](C)OC(=O)N5C(=O)OC(C)(C)C)n4)n3)n2)n1)C(=O)NC[C@@H](C)OC(C)=O. The fraction of sp³-hybridized carbons (Fsp3) is 0.351. The van der Waals surface area contributed by atoms with Gasteiger partial charge in [-0.3, -0.25) is 14.4 Å². The number of nitrogens with one attached hydrogen (secondary N) is 2. The van der Waals surface area contributed by atoms with Crippen LogP contribution in [-0.2, 0) is 30.4 Å². The molecule has 5 aromatic rings. The average Bonchev–Trinajstić information content (AvgIpc) is 4.01. The van der Waals surface area contributed by atoms with E-state index in [0.717, 1.165) is 4.90 Å². The summed E-state index contributed by atoms with van der Waals surface area (Å²) < 4.78 is 16.0. The molecule has 6 rings (SSSR count). The van der Waals surface area contributed by atoms with Crippen molar-refractivity contribution in [2.24, 2.45) is 0 Å². The van der Waals surface area contributed by atoms with Crippen molar-refractivity contribution in [2.45, 2.75) is 78.9 Å². The maximum absolute atomic E-state index is 13.1. The Labute approximate surface area is 348 Å². The summed E-state index contributed by atoms with van der Waals surface area (Å²) >= 11 is 5.09. The van der Waals surface area contributed by atoms with Crippen LogP contribution in [0.5, 0.6) is 0 Å². The number of ether oxygens (including phenoxy) is 3. The van der Waals surface area contributed by atoms with Gasteiger partial charge in [0, 0.05) is 34.0 Å². The van der Waals surface area contributed by atoms with Crippen LogP contribution in [0.15, 0.2) is 45.4 Å². The lowest BCUT2D eigenvalue weighted by molar-refractivity contribution is -0.145. The van der Waals surface area contributed by atoms with Gasteiger partial charge in [-0.25, -0.2) is 34.5 Å². The lowest BCUT2D eigenvalue weighted by Crippen LogP contribution is -2.39. The van der Waals surface area contributed by atoms with Crippen LogP contribution in [0, 0.1) is 0 Å². The van der Waals surface area contributed by atoms with E-state index in [1.165, 1.54) is 58.3 Å². The van der Waals surface area contributed by atoms with Gasteiger partial charge in [0.1, 0.15) is 72.4 Å². The summed E-state index contributed by atoms with van der Waals surface area (Å²) in [5, 5.41) is 23.8. The van der Waals surface area contributed by atoms with Crippen molar-refractivity contribution in [3.8, 4) is 43.4 Å². The summed E-state index contributed by atoms with van der Waals surface area (Å²) in [7, 11) is 0. The number of cyclic esters (lactones) is 1. The summed E-state index contributed by atoms with van der Waals surface area (Å²) in [6, 6.07) is 2.79. The topological polar surface area (TPSA) is 225 Å². The molecule has 1 fully saturated rings. The third-order valence-corrected chi connectivity index (χ3v) is 11.6. The number of carbonyl (C=O) groups excluding carboxylic acids is 5. The van der Waals surface area contributed by atoms with E-state index >= 15 is 0 Å². The number of rotatable bonds is 12. The summed E-state index contributed by atoms with van der Waals surface area (Å²) in [4.78, 5) is 87.4. The molecule has 4 amide bonds. The second-order valence-electron chi connectivity index (χ2n) is 13.7. The van der Waals surface area contributed by atoms with Crippen molar-refractivity contribution in [1.29, 1.82) is 0 Å². The Kier molecular flexibility index (Phi) is 12.8. The molecular weight excluding hydrogens is 829 g/mol. The highest BCUT2D eigenvalue weighted by Crippen LogP contribution is 2.41. The van der Waals surface area contributed by atoms with E-state index < -0.39 is 53.8 Å². The lowest BCUT2D eigenvalue weighted by atomic mass is 10.1. The van der Waals surface area contributed by atoms with E-state index in [1.54, 1.807) is 69.1 Å². The zero-order valence-corrected chi connectivity index (χ0v) is 35.5. The third kappa shape index (κ3) is 9.61. The molecule has 21 heteroatoms. The van der Waals surface area contributed by atoms with E-state index in [0.29, 0.717) is 54.1 Å². The minimum atomic E-state index is -0.848. The number of aliphatic hydroxyl groups excluding tert-OH is 1. The Morgan fingerprint density at radius 1 is 0.948 bits per heavy atom. The van der Waals surface area contributed by atoms with Gasteiger partial charge in [-0.1, -0.05) is 6.08 Å². The first-order valence-electron chi connectivity index (χ1n) is 17.6. The average molecular weight is 867 g/mol. The van der Waals surface area contributed by atoms with Crippen molar-refractivity contribution in [1.82, 2.24) is 40.5 Å². The number of hydrogen-bond donors (Lipinski definition) is 3. The maximum atomic E-state index is 13.1. The van der Waals surface area contributed by atoms with Gasteiger partial charge < -0.3 is 30.0 Å². The summed E-state index contributed by atoms with van der Waals surface area (Å²) in [5.41, 5.74) is 2.30. The highest BCUT2D eigenvalue weighted by molar-refractivity contribution is 7.15. The van der Waals surface area contributed by atoms with Crippen LogP contribution < -0.4 is 10.6 Å². The smallest absolute Gasteiger partial charge is 0.420 e. The Hall–Kier alpha value is -5.48. The van der Waals surface area contributed by atoms with Crippen LogP contribution >= 0.6 is 45.3 Å². The zero-order chi connectivity index (χ0) is 41.9. The Morgan fingerprint density at radius 3 is 2.34 bits per heavy atom. The molecule has 0 unspecified atom stereocenters. The number of carbonyl (C=O) groups is 5. The van der Waals surface area contributed by atoms with Crippen LogP contribution in [0.2, 0.25) is 0 Å². The van der Waals surface area contributed by atoms with E-state index in [2.05, 4.69) is 20.6 Å². The number of aliphatic hydroxyl groups is 1. The third-order valence-electron chi connectivity index (χ3n) is 8.03. The summed E-state index contributed by atoms with van der Waals surface area (Å²) in [6.45, 7) is 11.1. The Morgan fingerprint density at radius 2 is 1.66 bits per heavy atom. The fourth-order valence-electron chi connectivity index (χ4n) is 5.48. The zero-order valence-electron chi connectivity index (χ0n) is 32.2. The van der Waals surface area contributed by atoms with Gasteiger partial charge in [0.15, 0.2) is 0 Å². The minimum Gasteiger partial charge on any atom is -0.461 e. The van der Waals surface area contributed by atoms with Crippen molar-refractivity contribution >= 4 is 75.3 Å². The standard InChI is InChI=1S/C37H38N8O9S4/c1-8-22(29(48)38-11-17(2)52-19(4)47)41-30(49)25-15-56-33(43-25)26-16-57-32(44-26)23-10-9-21(31-39-20(12-46)13-55-31)27(40-23)24-14-58-34(42-24)28-18(3)53-35(50)45(28)36(51)54-37(5,6)7/h8-10,13-18,28,46H,11-12H2,1-7H3,(H,38,48)(H,41,49)/b22-8-/t17-,18-,28+/m1/s1. The summed E-state index contributed by atoms with van der Waals surface area (Å²) in [6.07, 6.45) is -1.47. The number of pyridine rings is 1. The Bertz CT molecular complexity index is 2390. The van der Waals surface area contributed by atoms with Crippen LogP contribution in [0.1, 0.15) is 75.7 Å². The van der Waals surface area contributed by atoms with Gasteiger partial charge in [-0.05, 0) is 53.7 Å². The molecule has 0 aliphatic carbocycles. The van der Waals surface area contributed by atoms with E-state index in [-0.39, 0.29) is 24.5 Å². The highest BCUT2D eigenvalue weighted by atomic mass is 32.1. The predicted molar refractivity (Wildman–Crippen MR) is 217 cm³/mol. The van der Waals surface area contributed by atoms with Crippen molar-refractivity contribution < 1.29 is 43.3 Å². The molecule has 0 spiro atoms. The number of aromatic nitrogens is 5. The van der Waals surface area contributed by atoms with E-state index in [9.17, 15) is 29.1 Å². The second-order valence-corrected chi connectivity index (χ2v) is 17.2. The molecule has 0 aromatic carbocycles. The van der Waals surface area contributed by atoms with Crippen LogP contribution in [0.25, 0.3) is 43.4 Å². The number of allylic oxidation sites excluding steroid dienone is 1. The molecule has 3 N–H and O–H groups in total. The van der Waals surface area contributed by atoms with Crippen molar-refractivity contribution in [2.75, 3.05) is 6.54 Å². The number of thiazole rings is 4. The number of hydrogen-bond acceptors (Lipinski definition) is 18. The molecule has 17 nitrogen and oxygen atoms in total. The molecule has 58 heavy (non-hydrogen) atoms. The van der Waals surface area contributed by atoms with Gasteiger partial charge in [-0.15, -0.1) is 45.3 Å². The predicted octanol–water partition coefficient (Wildman–Crippen LogP) is 6.59. The largest absolute Gasteiger partial charge is 0.461 e. The van der Waals surface area contributed by atoms with Gasteiger partial charge in [0.2, 0.25) is 0 Å². The second kappa shape index (κ2) is 17.6. The van der Waals surface area contributed by atoms with Gasteiger partial charge in [0.05, 0.1) is 24.5 Å². The molecule has 1 saturated heterocycles. The van der Waals surface area contributed by atoms with Crippen LogP contribution in [-0.4, -0.2) is 89.3 Å². The molecule has 0 bridgehead atoms. The lowest BCUT2D eigenvalue weighted by Gasteiger charge is -2.25. The van der Waals surface area contributed by atoms with Crippen LogP contribution in [0.4, 0.5) is 9.59 Å². The first kappa shape index (κ1) is 42.1. The molecule has 3 atom stereocenters. The summed E-state index contributed by atoms with van der Waals surface area (Å²) in [5.74, 6) is -1.62.